The maximum absolute atomic E-state index is 4.04. The van der Waals surface area contributed by atoms with Gasteiger partial charge in [-0.25, -0.2) is 4.37 Å². The summed E-state index contributed by atoms with van der Waals surface area (Å²) in [4.78, 5) is 1.19. The predicted molar refractivity (Wildman–Crippen MR) is 54.3 cm³/mol. The van der Waals surface area contributed by atoms with Gasteiger partial charge < -0.3 is 5.32 Å². The Kier molecular flexibility index (Phi) is 3.44. The topological polar surface area (TPSA) is 24.9 Å². The number of aromatic nitrogens is 1. The molecule has 0 spiro atoms. The molecule has 0 bridgehead atoms. The van der Waals surface area contributed by atoms with E-state index in [4.69, 9.17) is 0 Å². The van der Waals surface area contributed by atoms with Crippen LogP contribution in [0.25, 0.3) is 5.57 Å². The fraction of sp³-hybridized carbons (Fsp3) is 0.444. The smallest absolute Gasteiger partial charge is 0.0504 e. The van der Waals surface area contributed by atoms with Gasteiger partial charge in [0.15, 0.2) is 0 Å². The second kappa shape index (κ2) is 4.38. The Morgan fingerprint density at radius 1 is 1.83 bits per heavy atom. The molecule has 1 N–H and O–H groups in total. The molecule has 1 aromatic heterocycles. The minimum absolute atomic E-state index is 0.486. The van der Waals surface area contributed by atoms with Crippen LogP contribution < -0.4 is 5.32 Å². The highest BCUT2D eigenvalue weighted by molar-refractivity contribution is 7.06. The van der Waals surface area contributed by atoms with Crippen molar-refractivity contribution in [2.24, 2.45) is 0 Å². The van der Waals surface area contributed by atoms with Gasteiger partial charge in [-0.05, 0) is 43.6 Å². The van der Waals surface area contributed by atoms with E-state index in [2.05, 4.69) is 23.2 Å². The van der Waals surface area contributed by atoms with E-state index in [9.17, 15) is 0 Å². The lowest BCUT2D eigenvalue weighted by Gasteiger charge is -2.10. The van der Waals surface area contributed by atoms with Gasteiger partial charge in [0, 0.05) is 12.2 Å². The normalized spacial score (nSPS) is 12.8. The summed E-state index contributed by atoms with van der Waals surface area (Å²) in [5.41, 5.74) is 1.17. The van der Waals surface area contributed by atoms with Gasteiger partial charge in [0.1, 0.15) is 0 Å². The van der Waals surface area contributed by atoms with Crippen molar-refractivity contribution in [1.29, 1.82) is 0 Å². The molecule has 1 unspecified atom stereocenters. The van der Waals surface area contributed by atoms with Crippen LogP contribution in [0.4, 0.5) is 0 Å². The Morgan fingerprint density at radius 3 is 3.08 bits per heavy atom. The summed E-state index contributed by atoms with van der Waals surface area (Å²) in [6.07, 6.45) is 2.80. The van der Waals surface area contributed by atoms with Crippen LogP contribution >= 0.6 is 11.5 Å². The summed E-state index contributed by atoms with van der Waals surface area (Å²) in [6, 6.07) is 2.50. The molecule has 0 amide bonds. The van der Waals surface area contributed by atoms with Gasteiger partial charge in [-0.3, -0.25) is 0 Å². The molecular formula is C9H14N2S. The quantitative estimate of drug-likeness (QED) is 0.771. The molecule has 0 radical (unpaired) electrons. The number of hydrogen-bond acceptors (Lipinski definition) is 3. The van der Waals surface area contributed by atoms with Gasteiger partial charge in [0.2, 0.25) is 0 Å². The minimum atomic E-state index is 0.486. The summed E-state index contributed by atoms with van der Waals surface area (Å²) >= 11 is 1.51. The van der Waals surface area contributed by atoms with E-state index in [-0.39, 0.29) is 0 Å². The van der Waals surface area contributed by atoms with Gasteiger partial charge in [-0.2, -0.15) is 0 Å². The van der Waals surface area contributed by atoms with Gasteiger partial charge in [0.05, 0.1) is 4.88 Å². The molecule has 1 aromatic rings. The van der Waals surface area contributed by atoms with Crippen molar-refractivity contribution in [2.45, 2.75) is 19.4 Å². The second-order valence-electron chi connectivity index (χ2n) is 2.87. The van der Waals surface area contributed by atoms with Gasteiger partial charge in [-0.1, -0.05) is 6.58 Å². The molecule has 0 fully saturated rings. The molecular weight excluding hydrogens is 168 g/mol. The van der Waals surface area contributed by atoms with Crippen LogP contribution in [-0.4, -0.2) is 17.5 Å². The van der Waals surface area contributed by atoms with Crippen LogP contribution in [0.1, 0.15) is 18.2 Å². The van der Waals surface area contributed by atoms with Crippen molar-refractivity contribution in [1.82, 2.24) is 9.69 Å². The van der Waals surface area contributed by atoms with E-state index in [1.54, 1.807) is 0 Å². The van der Waals surface area contributed by atoms with Gasteiger partial charge in [0.25, 0.3) is 0 Å². The lowest BCUT2D eigenvalue weighted by atomic mass is 10.1. The zero-order chi connectivity index (χ0) is 8.97. The number of nitrogens with one attached hydrogen (secondary N) is 1. The molecule has 12 heavy (non-hydrogen) atoms. The minimum Gasteiger partial charge on any atom is -0.317 e. The molecule has 2 nitrogen and oxygen atoms in total. The molecule has 0 aliphatic rings. The van der Waals surface area contributed by atoms with Crippen molar-refractivity contribution < 1.29 is 0 Å². The molecule has 1 atom stereocenters. The van der Waals surface area contributed by atoms with Crippen molar-refractivity contribution in [2.75, 3.05) is 7.05 Å². The summed E-state index contributed by atoms with van der Waals surface area (Å²) in [7, 11) is 1.96. The Hall–Kier alpha value is -0.670. The summed E-state index contributed by atoms with van der Waals surface area (Å²) in [5, 5.41) is 3.18. The van der Waals surface area contributed by atoms with Crippen LogP contribution in [-0.2, 0) is 0 Å². The average Bonchev–Trinajstić information content (AvgIpc) is 2.56. The Balaban J connectivity index is 2.50. The second-order valence-corrected chi connectivity index (χ2v) is 3.71. The van der Waals surface area contributed by atoms with Crippen LogP contribution in [0.3, 0.4) is 0 Å². The van der Waals surface area contributed by atoms with E-state index in [0.717, 1.165) is 6.42 Å². The van der Waals surface area contributed by atoms with Crippen LogP contribution in [0, 0.1) is 0 Å². The third-order valence-electron chi connectivity index (χ3n) is 1.83. The highest BCUT2D eigenvalue weighted by atomic mass is 32.1. The van der Waals surface area contributed by atoms with Crippen LogP contribution in [0.15, 0.2) is 18.8 Å². The van der Waals surface area contributed by atoms with Crippen molar-refractivity contribution in [3.05, 3.63) is 23.7 Å². The van der Waals surface area contributed by atoms with E-state index in [0.29, 0.717) is 6.04 Å². The van der Waals surface area contributed by atoms with E-state index < -0.39 is 0 Å². The first-order valence-corrected chi connectivity index (χ1v) is 4.77. The van der Waals surface area contributed by atoms with Gasteiger partial charge >= 0.3 is 0 Å². The average molecular weight is 182 g/mol. The van der Waals surface area contributed by atoms with E-state index in [1.165, 1.54) is 22.0 Å². The molecule has 1 heterocycles. The third-order valence-corrected chi connectivity index (χ3v) is 2.68. The highest BCUT2D eigenvalue weighted by Gasteiger charge is 2.04. The first-order valence-electron chi connectivity index (χ1n) is 4.00. The monoisotopic (exact) mass is 182 g/mol. The third kappa shape index (κ3) is 2.43. The largest absolute Gasteiger partial charge is 0.317 e. The molecule has 0 aliphatic carbocycles. The lowest BCUT2D eigenvalue weighted by Crippen LogP contribution is -2.20. The van der Waals surface area contributed by atoms with Crippen molar-refractivity contribution in [3.63, 3.8) is 0 Å². The first kappa shape index (κ1) is 9.42. The fourth-order valence-electron chi connectivity index (χ4n) is 0.970. The summed E-state index contributed by atoms with van der Waals surface area (Å²) < 4.78 is 4.04. The highest BCUT2D eigenvalue weighted by Crippen LogP contribution is 2.20. The maximum Gasteiger partial charge on any atom is 0.0504 e. The lowest BCUT2D eigenvalue weighted by molar-refractivity contribution is 0.627. The summed E-state index contributed by atoms with van der Waals surface area (Å²) in [6.45, 7) is 6.16. The van der Waals surface area contributed by atoms with Crippen molar-refractivity contribution >= 4 is 17.1 Å². The fourth-order valence-corrected chi connectivity index (χ4v) is 1.54. The molecule has 0 saturated heterocycles. The van der Waals surface area contributed by atoms with Crippen LogP contribution in [0.2, 0.25) is 0 Å². The standard InChI is InChI=1S/C9H14N2S/c1-7(6-8(2)10-3)9-4-5-11-12-9/h4-5,8,10H,1,6H2,2-3H3. The number of rotatable bonds is 4. The molecule has 0 saturated carbocycles. The molecule has 1 rings (SSSR count). The zero-order valence-corrected chi connectivity index (χ0v) is 8.32. The predicted octanol–water partition coefficient (Wildman–Crippen LogP) is 2.15. The summed E-state index contributed by atoms with van der Waals surface area (Å²) in [5.74, 6) is 0. The van der Waals surface area contributed by atoms with E-state index in [1.807, 2.05) is 19.3 Å². The van der Waals surface area contributed by atoms with E-state index >= 15 is 0 Å². The Labute approximate surface area is 77.5 Å². The SMILES string of the molecule is C=C(CC(C)NC)c1ccns1. The number of hydrogen-bond donors (Lipinski definition) is 1. The molecule has 3 heteroatoms. The maximum atomic E-state index is 4.04. The molecule has 0 aliphatic heterocycles. The Bertz CT molecular complexity index is 241. The zero-order valence-electron chi connectivity index (χ0n) is 7.50. The van der Waals surface area contributed by atoms with Gasteiger partial charge in [-0.15, -0.1) is 0 Å². The molecule has 66 valence electrons. The Morgan fingerprint density at radius 2 is 2.58 bits per heavy atom. The van der Waals surface area contributed by atoms with Crippen molar-refractivity contribution in [3.8, 4) is 0 Å². The number of nitrogens with zero attached hydrogens (tertiary/aromatic N) is 1. The van der Waals surface area contributed by atoms with Crippen LogP contribution in [0.5, 0.6) is 0 Å². The first-order chi connectivity index (χ1) is 5.74. The molecule has 0 aromatic carbocycles.